The van der Waals surface area contributed by atoms with Crippen LogP contribution in [0.4, 0.5) is 11.4 Å². The molecule has 5 rings (SSSR count). The largest absolute Gasteiger partial charge is 0.369 e. The summed E-state index contributed by atoms with van der Waals surface area (Å²) < 4.78 is 0. The molecular formula is C27H32N6. The third kappa shape index (κ3) is 4.80. The summed E-state index contributed by atoms with van der Waals surface area (Å²) in [6.45, 7) is 9.43. The monoisotopic (exact) mass is 440 g/mol. The third-order valence-electron chi connectivity index (χ3n) is 6.86. The second-order valence-electron chi connectivity index (χ2n) is 9.37. The lowest BCUT2D eigenvalue weighted by Crippen LogP contribution is -2.48. The first-order valence-corrected chi connectivity index (χ1v) is 12.0. The summed E-state index contributed by atoms with van der Waals surface area (Å²) in [4.78, 5) is 9.43. The number of pyridine rings is 1. The molecule has 2 N–H and O–H groups in total. The zero-order valence-corrected chi connectivity index (χ0v) is 19.3. The van der Waals surface area contributed by atoms with E-state index in [9.17, 15) is 5.26 Å². The number of fused-ring (bicyclic) bond motifs is 1. The molecule has 2 atom stereocenters. The van der Waals surface area contributed by atoms with E-state index in [0.29, 0.717) is 17.5 Å². The average Bonchev–Trinajstić information content (AvgIpc) is 2.87. The SMILES string of the molecule is C[C@H]1C[C@@H](NCc2cccc(N3CCNCC3)c2)CN(c2ccc(C#N)c3ncccc23)C1. The second-order valence-corrected chi connectivity index (χ2v) is 9.37. The van der Waals surface area contributed by atoms with Crippen LogP contribution in [-0.4, -0.2) is 50.3 Å². The Balaban J connectivity index is 1.30. The molecule has 0 amide bonds. The Morgan fingerprint density at radius 1 is 1.09 bits per heavy atom. The summed E-state index contributed by atoms with van der Waals surface area (Å²) in [6.07, 6.45) is 2.94. The molecule has 3 aromatic rings. The molecular weight excluding hydrogens is 408 g/mol. The number of aromatic nitrogens is 1. The molecule has 6 heteroatoms. The normalized spacial score (nSPS) is 21.2. The van der Waals surface area contributed by atoms with Crippen molar-refractivity contribution in [2.75, 3.05) is 49.1 Å². The van der Waals surface area contributed by atoms with Crippen LogP contribution in [0.3, 0.4) is 0 Å². The Hall–Kier alpha value is -3.14. The molecule has 0 bridgehead atoms. The summed E-state index contributed by atoms with van der Waals surface area (Å²) in [5, 5.41) is 17.8. The molecule has 2 fully saturated rings. The third-order valence-corrected chi connectivity index (χ3v) is 6.86. The van der Waals surface area contributed by atoms with E-state index in [4.69, 9.17) is 0 Å². The van der Waals surface area contributed by atoms with E-state index in [1.807, 2.05) is 12.1 Å². The molecule has 0 aliphatic carbocycles. The van der Waals surface area contributed by atoms with Gasteiger partial charge in [0.2, 0.25) is 0 Å². The molecule has 2 aliphatic heterocycles. The van der Waals surface area contributed by atoms with E-state index in [1.54, 1.807) is 6.20 Å². The van der Waals surface area contributed by atoms with E-state index >= 15 is 0 Å². The maximum absolute atomic E-state index is 9.48. The summed E-state index contributed by atoms with van der Waals surface area (Å²) in [5.74, 6) is 0.589. The van der Waals surface area contributed by atoms with Gasteiger partial charge >= 0.3 is 0 Å². The molecule has 2 aromatic carbocycles. The quantitative estimate of drug-likeness (QED) is 0.633. The van der Waals surface area contributed by atoms with Crippen LogP contribution >= 0.6 is 0 Å². The van der Waals surface area contributed by atoms with Crippen molar-refractivity contribution in [3.8, 4) is 6.07 Å². The van der Waals surface area contributed by atoms with Crippen molar-refractivity contribution >= 4 is 22.3 Å². The van der Waals surface area contributed by atoms with Gasteiger partial charge in [-0.15, -0.1) is 0 Å². The van der Waals surface area contributed by atoms with Crippen LogP contribution in [0.1, 0.15) is 24.5 Å². The van der Waals surface area contributed by atoms with E-state index in [-0.39, 0.29) is 0 Å². The predicted octanol–water partition coefficient (Wildman–Crippen LogP) is 3.52. The van der Waals surface area contributed by atoms with Crippen molar-refractivity contribution in [2.45, 2.75) is 25.9 Å². The molecule has 0 radical (unpaired) electrons. The van der Waals surface area contributed by atoms with Crippen LogP contribution in [-0.2, 0) is 6.54 Å². The molecule has 0 unspecified atom stereocenters. The number of piperidine rings is 1. The smallest absolute Gasteiger partial charge is 0.101 e. The van der Waals surface area contributed by atoms with Gasteiger partial charge in [0.15, 0.2) is 0 Å². The summed E-state index contributed by atoms with van der Waals surface area (Å²) in [6, 6.07) is 19.7. The van der Waals surface area contributed by atoms with Gasteiger partial charge in [-0.25, -0.2) is 0 Å². The number of nitrogens with zero attached hydrogens (tertiary/aromatic N) is 4. The van der Waals surface area contributed by atoms with Crippen molar-refractivity contribution in [3.63, 3.8) is 0 Å². The fourth-order valence-electron chi connectivity index (χ4n) is 5.27. The summed E-state index contributed by atoms with van der Waals surface area (Å²) in [5.41, 5.74) is 5.27. The van der Waals surface area contributed by atoms with Crippen LogP contribution in [0.5, 0.6) is 0 Å². The van der Waals surface area contributed by atoms with Gasteiger partial charge in [-0.05, 0) is 54.3 Å². The van der Waals surface area contributed by atoms with Gasteiger partial charge in [-0.3, -0.25) is 4.98 Å². The molecule has 2 saturated heterocycles. The molecule has 2 aliphatic rings. The van der Waals surface area contributed by atoms with Gasteiger partial charge in [-0.1, -0.05) is 19.1 Å². The molecule has 33 heavy (non-hydrogen) atoms. The van der Waals surface area contributed by atoms with Gasteiger partial charge in [0.25, 0.3) is 0 Å². The van der Waals surface area contributed by atoms with Crippen molar-refractivity contribution in [2.24, 2.45) is 5.92 Å². The maximum Gasteiger partial charge on any atom is 0.101 e. The topological polar surface area (TPSA) is 67.2 Å². The minimum atomic E-state index is 0.416. The Labute approximate surface area is 196 Å². The molecule has 6 nitrogen and oxygen atoms in total. The van der Waals surface area contributed by atoms with Crippen molar-refractivity contribution in [3.05, 3.63) is 65.9 Å². The number of rotatable bonds is 5. The highest BCUT2D eigenvalue weighted by molar-refractivity contribution is 5.95. The number of piperazine rings is 1. The van der Waals surface area contributed by atoms with Gasteiger partial charge in [0.05, 0.1) is 11.1 Å². The first kappa shape index (κ1) is 21.7. The molecule has 0 saturated carbocycles. The lowest BCUT2D eigenvalue weighted by molar-refractivity contribution is 0.350. The fourth-order valence-corrected chi connectivity index (χ4v) is 5.27. The van der Waals surface area contributed by atoms with Crippen molar-refractivity contribution < 1.29 is 0 Å². The Morgan fingerprint density at radius 2 is 1.97 bits per heavy atom. The zero-order valence-electron chi connectivity index (χ0n) is 19.3. The first-order valence-electron chi connectivity index (χ1n) is 12.0. The highest BCUT2D eigenvalue weighted by Gasteiger charge is 2.26. The van der Waals surface area contributed by atoms with Crippen LogP contribution in [0.15, 0.2) is 54.7 Å². The van der Waals surface area contributed by atoms with E-state index in [1.165, 1.54) is 23.4 Å². The van der Waals surface area contributed by atoms with Gasteiger partial charge < -0.3 is 20.4 Å². The lowest BCUT2D eigenvalue weighted by atomic mass is 9.94. The lowest BCUT2D eigenvalue weighted by Gasteiger charge is -2.39. The fraction of sp³-hybridized carbons (Fsp3) is 0.407. The van der Waals surface area contributed by atoms with Crippen LogP contribution < -0.4 is 20.4 Å². The average molecular weight is 441 g/mol. The summed E-state index contributed by atoms with van der Waals surface area (Å²) in [7, 11) is 0. The Morgan fingerprint density at radius 3 is 2.82 bits per heavy atom. The number of hydrogen-bond donors (Lipinski definition) is 2. The standard InChI is InChI=1S/C27H32N6/c1-20-14-23(31-17-21-4-2-5-24(15-21)32-12-10-29-11-13-32)19-33(18-20)26-8-7-22(16-28)27-25(26)6-3-9-30-27/h2-9,15,20,23,29,31H,10-14,17-19H2,1H3/t20-,23+/m0/s1. The molecule has 170 valence electrons. The molecule has 3 heterocycles. The van der Waals surface area contributed by atoms with E-state index in [0.717, 1.165) is 56.7 Å². The minimum Gasteiger partial charge on any atom is -0.369 e. The number of nitriles is 1. The second kappa shape index (κ2) is 9.78. The highest BCUT2D eigenvalue weighted by Crippen LogP contribution is 2.31. The van der Waals surface area contributed by atoms with Gasteiger partial charge in [0.1, 0.15) is 6.07 Å². The highest BCUT2D eigenvalue weighted by atomic mass is 15.2. The number of nitrogens with one attached hydrogen (secondary N) is 2. The maximum atomic E-state index is 9.48. The Bertz CT molecular complexity index is 1150. The Kier molecular flexibility index (Phi) is 6.43. The van der Waals surface area contributed by atoms with E-state index < -0.39 is 0 Å². The summed E-state index contributed by atoms with van der Waals surface area (Å²) >= 11 is 0. The number of hydrogen-bond acceptors (Lipinski definition) is 6. The van der Waals surface area contributed by atoms with E-state index in [2.05, 4.69) is 74.8 Å². The van der Waals surface area contributed by atoms with Crippen molar-refractivity contribution in [1.82, 2.24) is 15.6 Å². The van der Waals surface area contributed by atoms with Gasteiger partial charge in [-0.2, -0.15) is 5.26 Å². The predicted molar refractivity (Wildman–Crippen MR) is 135 cm³/mol. The zero-order chi connectivity index (χ0) is 22.6. The molecule has 1 aromatic heterocycles. The molecule has 0 spiro atoms. The minimum absolute atomic E-state index is 0.416. The number of benzene rings is 2. The van der Waals surface area contributed by atoms with Gasteiger partial charge in [0, 0.05) is 74.8 Å². The van der Waals surface area contributed by atoms with Crippen LogP contribution in [0.2, 0.25) is 0 Å². The number of anilines is 2. The van der Waals surface area contributed by atoms with Crippen molar-refractivity contribution in [1.29, 1.82) is 5.26 Å². The van der Waals surface area contributed by atoms with Crippen LogP contribution in [0.25, 0.3) is 10.9 Å². The first-order chi connectivity index (χ1) is 16.2. The van der Waals surface area contributed by atoms with Crippen LogP contribution in [0, 0.1) is 17.2 Å².